The first kappa shape index (κ1) is 23.2. The highest BCUT2D eigenvalue weighted by atomic mass is 32.2. The fourth-order valence-corrected chi connectivity index (χ4v) is 5.36. The molecule has 1 heterocycles. The zero-order chi connectivity index (χ0) is 23.8. The lowest BCUT2D eigenvalue weighted by molar-refractivity contribution is -0.143. The van der Waals surface area contributed by atoms with Gasteiger partial charge in [-0.1, -0.05) is 24.3 Å². The number of carbonyl (C=O) groups is 1. The average Bonchev–Trinajstić information content (AvgIpc) is 2.78. The van der Waals surface area contributed by atoms with Crippen molar-refractivity contribution >= 4 is 17.7 Å². The van der Waals surface area contributed by atoms with E-state index in [-0.39, 0.29) is 29.4 Å². The number of halogens is 1. The highest BCUT2D eigenvalue weighted by Crippen LogP contribution is 2.51. The molecule has 33 heavy (non-hydrogen) atoms. The number of esters is 1. The molecule has 0 bridgehead atoms. The number of phenolic OH excluding ortho intramolecular Hbond substituents is 1. The molecular formula is C27H27FO4S. The van der Waals surface area contributed by atoms with Crippen molar-refractivity contribution < 1.29 is 23.8 Å². The summed E-state index contributed by atoms with van der Waals surface area (Å²) < 4.78 is 25.0. The smallest absolute Gasteiger partial charge is 0.316 e. The summed E-state index contributed by atoms with van der Waals surface area (Å²) >= 11 is 1.68. The molecule has 2 atom stereocenters. The van der Waals surface area contributed by atoms with Crippen LogP contribution in [-0.2, 0) is 4.79 Å². The lowest BCUT2D eigenvalue weighted by Gasteiger charge is -2.35. The monoisotopic (exact) mass is 466 g/mol. The second-order valence-corrected chi connectivity index (χ2v) is 10.3. The zero-order valence-electron chi connectivity index (χ0n) is 19.1. The van der Waals surface area contributed by atoms with Crippen LogP contribution in [0, 0.1) is 11.2 Å². The minimum absolute atomic E-state index is 0.0190. The highest BCUT2D eigenvalue weighted by molar-refractivity contribution is 7.99. The number of ether oxygens (including phenoxy) is 2. The van der Waals surface area contributed by atoms with Crippen molar-refractivity contribution in [2.24, 2.45) is 5.41 Å². The molecule has 4 rings (SSSR count). The first-order valence-corrected chi connectivity index (χ1v) is 11.8. The summed E-state index contributed by atoms with van der Waals surface area (Å²) in [5.41, 5.74) is 2.45. The van der Waals surface area contributed by atoms with E-state index in [1.165, 1.54) is 12.1 Å². The molecule has 1 N–H and O–H groups in total. The van der Waals surface area contributed by atoms with Crippen molar-refractivity contribution in [1.29, 1.82) is 0 Å². The van der Waals surface area contributed by atoms with Crippen LogP contribution in [0.5, 0.6) is 17.2 Å². The molecule has 0 saturated carbocycles. The molecule has 172 valence electrons. The molecule has 3 aromatic rings. The third-order valence-corrected chi connectivity index (χ3v) is 7.00. The molecule has 0 fully saturated rings. The molecule has 0 unspecified atom stereocenters. The van der Waals surface area contributed by atoms with Gasteiger partial charge in [0.05, 0.1) is 12.5 Å². The molecule has 0 aromatic heterocycles. The summed E-state index contributed by atoms with van der Waals surface area (Å²) in [5.74, 6) is 1.31. The number of hydrogen-bond donors (Lipinski definition) is 1. The van der Waals surface area contributed by atoms with Crippen LogP contribution in [0.15, 0.2) is 65.6 Å². The van der Waals surface area contributed by atoms with E-state index in [0.717, 1.165) is 27.3 Å². The fraction of sp³-hybridized carbons (Fsp3) is 0.296. The third kappa shape index (κ3) is 4.86. The number of phenols is 1. The normalized spacial score (nSPS) is 17.8. The van der Waals surface area contributed by atoms with Gasteiger partial charge in [0, 0.05) is 28.6 Å². The van der Waals surface area contributed by atoms with Crippen molar-refractivity contribution in [3.8, 4) is 17.2 Å². The van der Waals surface area contributed by atoms with Crippen LogP contribution < -0.4 is 9.47 Å². The van der Waals surface area contributed by atoms with Gasteiger partial charge in [0.2, 0.25) is 0 Å². The van der Waals surface area contributed by atoms with E-state index in [0.29, 0.717) is 11.5 Å². The first-order valence-electron chi connectivity index (χ1n) is 10.8. The average molecular weight is 467 g/mol. The van der Waals surface area contributed by atoms with Crippen molar-refractivity contribution in [3.63, 3.8) is 0 Å². The minimum Gasteiger partial charge on any atom is -0.508 e. The maximum atomic E-state index is 13.9. The molecule has 0 amide bonds. The van der Waals surface area contributed by atoms with Crippen LogP contribution in [0.25, 0.3) is 0 Å². The van der Waals surface area contributed by atoms with Crippen molar-refractivity contribution in [2.75, 3.05) is 12.9 Å². The summed E-state index contributed by atoms with van der Waals surface area (Å²) in [6, 6.07) is 17.6. The number of aromatic hydroxyl groups is 1. The number of fused-ring (bicyclic) bond motifs is 1. The quantitative estimate of drug-likeness (QED) is 0.351. The van der Waals surface area contributed by atoms with E-state index in [2.05, 4.69) is 0 Å². The van der Waals surface area contributed by atoms with Gasteiger partial charge in [0.1, 0.15) is 23.1 Å². The van der Waals surface area contributed by atoms with Gasteiger partial charge in [0.15, 0.2) is 0 Å². The molecule has 0 radical (unpaired) electrons. The van der Waals surface area contributed by atoms with Gasteiger partial charge in [-0.2, -0.15) is 0 Å². The maximum Gasteiger partial charge on any atom is 0.316 e. The standard InChI is InChI=1S/C27H27FO4S/c1-27(2,3)26(30)32-19-10-12-21-24(14-19)33-15-22(20-11-7-17(28)13-23(20)31-4)25(21)16-5-8-18(29)9-6-16/h5-14,22,25,29H,15H2,1-4H3/t22-,25-/m0/s1. The summed E-state index contributed by atoms with van der Waals surface area (Å²) in [6.07, 6.45) is 0. The van der Waals surface area contributed by atoms with Crippen molar-refractivity contribution in [3.05, 3.63) is 83.2 Å². The lowest BCUT2D eigenvalue weighted by atomic mass is 9.77. The third-order valence-electron chi connectivity index (χ3n) is 5.81. The largest absolute Gasteiger partial charge is 0.508 e. The van der Waals surface area contributed by atoms with Gasteiger partial charge in [-0.15, -0.1) is 11.8 Å². The van der Waals surface area contributed by atoms with Crippen LogP contribution in [-0.4, -0.2) is 23.9 Å². The predicted molar refractivity (Wildman–Crippen MR) is 128 cm³/mol. The second kappa shape index (κ2) is 9.10. The van der Waals surface area contributed by atoms with E-state index in [4.69, 9.17) is 9.47 Å². The molecular weight excluding hydrogens is 439 g/mol. The van der Waals surface area contributed by atoms with Gasteiger partial charge in [0.25, 0.3) is 0 Å². The topological polar surface area (TPSA) is 55.8 Å². The molecule has 1 aliphatic heterocycles. The Labute approximate surface area is 197 Å². The van der Waals surface area contributed by atoms with Gasteiger partial charge >= 0.3 is 5.97 Å². The Balaban J connectivity index is 1.78. The van der Waals surface area contributed by atoms with Crippen LogP contribution in [0.1, 0.15) is 49.3 Å². The summed E-state index contributed by atoms with van der Waals surface area (Å²) in [5, 5.41) is 9.82. The van der Waals surface area contributed by atoms with Crippen LogP contribution in [0.4, 0.5) is 4.39 Å². The molecule has 4 nitrogen and oxygen atoms in total. The Hall–Kier alpha value is -2.99. The first-order chi connectivity index (χ1) is 15.7. The Morgan fingerprint density at radius 2 is 1.73 bits per heavy atom. The number of benzene rings is 3. The summed E-state index contributed by atoms with van der Waals surface area (Å²) in [7, 11) is 1.55. The van der Waals surface area contributed by atoms with E-state index >= 15 is 0 Å². The van der Waals surface area contributed by atoms with Crippen LogP contribution >= 0.6 is 11.8 Å². The molecule has 3 aromatic carbocycles. The summed E-state index contributed by atoms with van der Waals surface area (Å²) in [6.45, 7) is 5.47. The fourth-order valence-electron chi connectivity index (χ4n) is 4.07. The van der Waals surface area contributed by atoms with E-state index in [1.54, 1.807) is 37.1 Å². The van der Waals surface area contributed by atoms with Crippen LogP contribution in [0.2, 0.25) is 0 Å². The zero-order valence-corrected chi connectivity index (χ0v) is 19.9. The molecule has 6 heteroatoms. The number of carbonyl (C=O) groups excluding carboxylic acids is 1. The van der Waals surface area contributed by atoms with Crippen molar-refractivity contribution in [1.82, 2.24) is 0 Å². The minimum atomic E-state index is -0.595. The Morgan fingerprint density at radius 3 is 2.39 bits per heavy atom. The number of thioether (sulfide) groups is 1. The van der Waals surface area contributed by atoms with Gasteiger partial charge in [-0.05, 0) is 67.8 Å². The van der Waals surface area contributed by atoms with Gasteiger partial charge in [-0.25, -0.2) is 4.39 Å². The second-order valence-electron chi connectivity index (χ2n) is 9.21. The van der Waals surface area contributed by atoms with E-state index in [1.807, 2.05) is 51.1 Å². The number of hydrogen-bond acceptors (Lipinski definition) is 5. The molecule has 0 spiro atoms. The predicted octanol–water partition coefficient (Wildman–Crippen LogP) is 6.51. The molecule has 1 aliphatic rings. The molecule has 0 aliphatic carbocycles. The van der Waals surface area contributed by atoms with Crippen LogP contribution in [0.3, 0.4) is 0 Å². The van der Waals surface area contributed by atoms with E-state index < -0.39 is 5.41 Å². The lowest BCUT2D eigenvalue weighted by Crippen LogP contribution is -2.25. The van der Waals surface area contributed by atoms with Gasteiger partial charge < -0.3 is 14.6 Å². The summed E-state index contributed by atoms with van der Waals surface area (Å²) in [4.78, 5) is 13.4. The number of rotatable bonds is 4. The number of methoxy groups -OCH3 is 1. The maximum absolute atomic E-state index is 13.9. The Morgan fingerprint density at radius 1 is 1.03 bits per heavy atom. The van der Waals surface area contributed by atoms with E-state index in [9.17, 15) is 14.3 Å². The van der Waals surface area contributed by atoms with Gasteiger partial charge in [-0.3, -0.25) is 4.79 Å². The highest BCUT2D eigenvalue weighted by Gasteiger charge is 2.35. The Kier molecular flexibility index (Phi) is 6.39. The van der Waals surface area contributed by atoms with Crippen molar-refractivity contribution in [2.45, 2.75) is 37.5 Å². The Bertz CT molecular complexity index is 1170. The molecule has 0 saturated heterocycles. The SMILES string of the molecule is COc1cc(F)ccc1[C@@H]1CSc2cc(OC(=O)C(C)(C)C)ccc2[C@@H]1c1ccc(O)cc1.